The van der Waals surface area contributed by atoms with Crippen LogP contribution in [0.4, 0.5) is 11.4 Å². The average molecular weight is 250 g/mol. The van der Waals surface area contributed by atoms with E-state index in [4.69, 9.17) is 10.5 Å². The lowest BCUT2D eigenvalue weighted by atomic mass is 10.1. The first kappa shape index (κ1) is 12.7. The first-order chi connectivity index (χ1) is 8.70. The molecule has 0 radical (unpaired) electrons. The van der Waals surface area contributed by atoms with Crippen LogP contribution in [0.5, 0.6) is 0 Å². The Labute approximate surface area is 106 Å². The molecule has 0 amide bonds. The molecule has 0 unspecified atom stereocenters. The molecule has 1 atom stereocenters. The van der Waals surface area contributed by atoms with Crippen molar-refractivity contribution in [1.82, 2.24) is 0 Å². The third-order valence-corrected chi connectivity index (χ3v) is 3.02. The Morgan fingerprint density at radius 2 is 2.44 bits per heavy atom. The van der Waals surface area contributed by atoms with Crippen LogP contribution >= 0.6 is 0 Å². The Kier molecular flexibility index (Phi) is 4.04. The highest BCUT2D eigenvalue weighted by Gasteiger charge is 2.15. The second-order valence-electron chi connectivity index (χ2n) is 4.31. The Hall–Kier alpha value is -1.75. The van der Waals surface area contributed by atoms with Gasteiger partial charge in [-0.3, -0.25) is 0 Å². The number of ether oxygens (including phenoxy) is 2. The van der Waals surface area contributed by atoms with Crippen molar-refractivity contribution in [2.24, 2.45) is 0 Å². The number of rotatable bonds is 4. The monoisotopic (exact) mass is 250 g/mol. The Morgan fingerprint density at radius 3 is 3.06 bits per heavy atom. The fourth-order valence-corrected chi connectivity index (χ4v) is 2.00. The van der Waals surface area contributed by atoms with Crippen molar-refractivity contribution >= 4 is 17.3 Å². The van der Waals surface area contributed by atoms with Gasteiger partial charge in [0.1, 0.15) is 0 Å². The van der Waals surface area contributed by atoms with Crippen LogP contribution in [0.1, 0.15) is 23.2 Å². The number of anilines is 2. The number of hydrogen-bond donors (Lipinski definition) is 2. The van der Waals surface area contributed by atoms with Crippen molar-refractivity contribution in [2.75, 3.05) is 31.3 Å². The predicted molar refractivity (Wildman–Crippen MR) is 69.7 cm³/mol. The third-order valence-electron chi connectivity index (χ3n) is 3.02. The number of esters is 1. The molecule has 3 N–H and O–H groups in total. The maximum Gasteiger partial charge on any atom is 0.337 e. The molecule has 18 heavy (non-hydrogen) atoms. The molecular weight excluding hydrogens is 232 g/mol. The van der Waals surface area contributed by atoms with Crippen molar-refractivity contribution in [3.05, 3.63) is 23.8 Å². The minimum Gasteiger partial charge on any atom is -0.465 e. The largest absolute Gasteiger partial charge is 0.465 e. The Bertz CT molecular complexity index is 428. The lowest BCUT2D eigenvalue weighted by Crippen LogP contribution is -2.19. The predicted octanol–water partition coefficient (Wildman–Crippen LogP) is 1.65. The summed E-state index contributed by atoms with van der Waals surface area (Å²) in [7, 11) is 1.35. The van der Waals surface area contributed by atoms with Crippen molar-refractivity contribution in [2.45, 2.75) is 18.9 Å². The third kappa shape index (κ3) is 2.92. The highest BCUT2D eigenvalue weighted by atomic mass is 16.5. The second-order valence-corrected chi connectivity index (χ2v) is 4.31. The lowest BCUT2D eigenvalue weighted by Gasteiger charge is -2.14. The second kappa shape index (κ2) is 5.73. The van der Waals surface area contributed by atoms with Gasteiger partial charge >= 0.3 is 5.97 Å². The molecule has 0 spiro atoms. The van der Waals surface area contributed by atoms with Gasteiger partial charge in [-0.25, -0.2) is 4.79 Å². The van der Waals surface area contributed by atoms with Crippen LogP contribution in [-0.4, -0.2) is 32.3 Å². The van der Waals surface area contributed by atoms with Crippen LogP contribution in [0.2, 0.25) is 0 Å². The molecule has 1 fully saturated rings. The van der Waals surface area contributed by atoms with Gasteiger partial charge in [0.05, 0.1) is 30.2 Å². The molecule has 0 bridgehead atoms. The van der Waals surface area contributed by atoms with E-state index in [0.717, 1.165) is 31.7 Å². The van der Waals surface area contributed by atoms with Gasteiger partial charge in [0.25, 0.3) is 0 Å². The maximum atomic E-state index is 11.3. The molecule has 1 saturated heterocycles. The molecular formula is C13H18N2O3. The molecule has 98 valence electrons. The van der Waals surface area contributed by atoms with Gasteiger partial charge in [-0.2, -0.15) is 0 Å². The number of hydrogen-bond acceptors (Lipinski definition) is 5. The van der Waals surface area contributed by atoms with Gasteiger partial charge in [0.2, 0.25) is 0 Å². The van der Waals surface area contributed by atoms with E-state index < -0.39 is 0 Å². The summed E-state index contributed by atoms with van der Waals surface area (Å²) >= 11 is 0. The lowest BCUT2D eigenvalue weighted by molar-refractivity contribution is 0.0601. The number of nitrogen functional groups attached to an aromatic ring is 1. The molecule has 1 heterocycles. The van der Waals surface area contributed by atoms with Gasteiger partial charge in [0, 0.05) is 13.2 Å². The number of carbonyl (C=O) groups is 1. The zero-order valence-electron chi connectivity index (χ0n) is 10.4. The van der Waals surface area contributed by atoms with E-state index in [-0.39, 0.29) is 12.1 Å². The quantitative estimate of drug-likeness (QED) is 0.628. The highest BCUT2D eigenvalue weighted by Crippen LogP contribution is 2.21. The van der Waals surface area contributed by atoms with Crippen LogP contribution in [0, 0.1) is 0 Å². The van der Waals surface area contributed by atoms with Crippen LogP contribution in [0.25, 0.3) is 0 Å². The van der Waals surface area contributed by atoms with Crippen molar-refractivity contribution in [3.8, 4) is 0 Å². The van der Waals surface area contributed by atoms with E-state index >= 15 is 0 Å². The van der Waals surface area contributed by atoms with Crippen molar-refractivity contribution in [1.29, 1.82) is 0 Å². The summed E-state index contributed by atoms with van der Waals surface area (Å²) in [4.78, 5) is 11.3. The minimum absolute atomic E-state index is 0.254. The molecule has 1 aromatic rings. The molecule has 0 aromatic heterocycles. The number of nitrogens with one attached hydrogen (secondary N) is 1. The molecule has 0 saturated carbocycles. The topological polar surface area (TPSA) is 73.6 Å². The first-order valence-electron chi connectivity index (χ1n) is 6.04. The zero-order valence-corrected chi connectivity index (χ0v) is 10.4. The van der Waals surface area contributed by atoms with Crippen LogP contribution in [0.15, 0.2) is 18.2 Å². The van der Waals surface area contributed by atoms with Crippen molar-refractivity contribution < 1.29 is 14.3 Å². The summed E-state index contributed by atoms with van der Waals surface area (Å²) < 4.78 is 10.2. The zero-order chi connectivity index (χ0) is 13.0. The summed E-state index contributed by atoms with van der Waals surface area (Å²) in [5.41, 5.74) is 7.70. The van der Waals surface area contributed by atoms with Gasteiger partial charge in [-0.1, -0.05) is 0 Å². The summed E-state index contributed by atoms with van der Waals surface area (Å²) in [6.45, 7) is 1.57. The summed E-state index contributed by atoms with van der Waals surface area (Å²) in [6.07, 6.45) is 2.45. The first-order valence-corrected chi connectivity index (χ1v) is 6.04. The van der Waals surface area contributed by atoms with E-state index in [1.165, 1.54) is 7.11 Å². The fraction of sp³-hybridized carbons (Fsp3) is 0.462. The van der Waals surface area contributed by atoms with E-state index in [9.17, 15) is 4.79 Å². The van der Waals surface area contributed by atoms with Gasteiger partial charge in [-0.15, -0.1) is 0 Å². The summed E-state index contributed by atoms with van der Waals surface area (Å²) in [5, 5.41) is 3.24. The normalized spacial score (nSPS) is 18.6. The molecule has 5 nitrogen and oxygen atoms in total. The minimum atomic E-state index is -0.382. The Balaban J connectivity index is 1.98. The number of benzene rings is 1. The van der Waals surface area contributed by atoms with Gasteiger partial charge in [-0.05, 0) is 31.0 Å². The number of methoxy groups -OCH3 is 1. The molecule has 1 aliphatic heterocycles. The van der Waals surface area contributed by atoms with Gasteiger partial charge < -0.3 is 20.5 Å². The standard InChI is InChI=1S/C13H18N2O3/c1-17-13(16)9-4-5-12(11(14)7-9)15-8-10-3-2-6-18-10/h4-5,7,10,15H,2-3,6,8,14H2,1H3/t10-/m1/s1. The molecule has 0 aliphatic carbocycles. The maximum absolute atomic E-state index is 11.3. The van der Waals surface area contributed by atoms with E-state index in [1.54, 1.807) is 18.2 Å². The van der Waals surface area contributed by atoms with E-state index in [2.05, 4.69) is 10.1 Å². The van der Waals surface area contributed by atoms with E-state index in [0.29, 0.717) is 11.3 Å². The van der Waals surface area contributed by atoms with Crippen LogP contribution < -0.4 is 11.1 Å². The number of carbonyl (C=O) groups excluding carboxylic acids is 1. The van der Waals surface area contributed by atoms with Crippen LogP contribution in [-0.2, 0) is 9.47 Å². The van der Waals surface area contributed by atoms with E-state index in [1.807, 2.05) is 0 Å². The Morgan fingerprint density at radius 1 is 1.61 bits per heavy atom. The van der Waals surface area contributed by atoms with Crippen LogP contribution in [0.3, 0.4) is 0 Å². The molecule has 5 heteroatoms. The summed E-state index contributed by atoms with van der Waals surface area (Å²) in [5.74, 6) is -0.382. The molecule has 1 aliphatic rings. The molecule has 2 rings (SSSR count). The van der Waals surface area contributed by atoms with Gasteiger partial charge in [0.15, 0.2) is 0 Å². The smallest absolute Gasteiger partial charge is 0.337 e. The number of nitrogens with two attached hydrogens (primary N) is 1. The summed E-state index contributed by atoms with van der Waals surface area (Å²) in [6, 6.07) is 5.10. The fourth-order valence-electron chi connectivity index (χ4n) is 2.00. The average Bonchev–Trinajstić information content (AvgIpc) is 2.89. The van der Waals surface area contributed by atoms with Crippen molar-refractivity contribution in [3.63, 3.8) is 0 Å². The highest BCUT2D eigenvalue weighted by molar-refractivity contribution is 5.91. The molecule has 1 aromatic carbocycles. The SMILES string of the molecule is COC(=O)c1ccc(NC[C@H]2CCCO2)c(N)c1.